The second kappa shape index (κ2) is 9.22. The van der Waals surface area contributed by atoms with Crippen LogP contribution in [0.4, 0.5) is 11.4 Å². The first-order valence-electron chi connectivity index (χ1n) is 9.93. The first-order valence-corrected chi connectivity index (χ1v) is 9.93. The maximum Gasteiger partial charge on any atom is 0.167 e. The van der Waals surface area contributed by atoms with E-state index in [9.17, 15) is 10.2 Å². The lowest BCUT2D eigenvalue weighted by Gasteiger charge is -2.11. The number of phenolic OH excluding ortho intramolecular Hbond substituents is 2. The third-order valence-electron chi connectivity index (χ3n) is 5.07. The minimum absolute atomic E-state index is 0.253. The average Bonchev–Trinajstić information content (AvgIpc) is 2.85. The summed E-state index contributed by atoms with van der Waals surface area (Å²) in [5.74, 6) is 0.958. The number of hydrogen-bond acceptors (Lipinski definition) is 6. The molecule has 4 aromatic rings. The Morgan fingerprint density at radius 3 is 1.31 bits per heavy atom. The predicted molar refractivity (Wildman–Crippen MR) is 128 cm³/mol. The van der Waals surface area contributed by atoms with Gasteiger partial charge in [0.25, 0.3) is 0 Å². The molecule has 0 aliphatic carbocycles. The zero-order valence-electron chi connectivity index (χ0n) is 17.7. The van der Waals surface area contributed by atoms with Crippen LogP contribution in [0.5, 0.6) is 23.0 Å². The van der Waals surface area contributed by atoms with Crippen molar-refractivity contribution in [3.8, 4) is 23.0 Å². The molecule has 6 heteroatoms. The summed E-state index contributed by atoms with van der Waals surface area (Å²) in [6.45, 7) is 0. The van der Waals surface area contributed by atoms with E-state index in [-0.39, 0.29) is 11.5 Å². The van der Waals surface area contributed by atoms with E-state index in [4.69, 9.17) is 9.47 Å². The first-order chi connectivity index (χ1) is 15.6. The summed E-state index contributed by atoms with van der Waals surface area (Å²) in [6, 6.07) is 21.9. The Morgan fingerprint density at radius 2 is 0.969 bits per heavy atom. The molecule has 0 fully saturated rings. The summed E-state index contributed by atoms with van der Waals surface area (Å²) in [4.78, 5) is 8.89. The third-order valence-corrected chi connectivity index (χ3v) is 5.07. The highest BCUT2D eigenvalue weighted by molar-refractivity contribution is 6.12. The molecular formula is C26H22N2O4. The van der Waals surface area contributed by atoms with E-state index < -0.39 is 0 Å². The molecule has 0 aliphatic rings. The van der Waals surface area contributed by atoms with Crippen molar-refractivity contribution in [3.63, 3.8) is 0 Å². The number of aliphatic imine (C=N–C) groups is 2. The number of phenols is 2. The van der Waals surface area contributed by atoms with Crippen LogP contribution >= 0.6 is 0 Å². The Labute approximate surface area is 185 Å². The number of fused-ring (bicyclic) bond motifs is 1. The van der Waals surface area contributed by atoms with Gasteiger partial charge in [0.15, 0.2) is 11.5 Å². The van der Waals surface area contributed by atoms with Crippen LogP contribution in [0.3, 0.4) is 0 Å². The Bertz CT molecular complexity index is 1190. The molecule has 0 aliphatic heterocycles. The molecule has 160 valence electrons. The van der Waals surface area contributed by atoms with Crippen molar-refractivity contribution < 1.29 is 19.7 Å². The Hall–Kier alpha value is -4.32. The van der Waals surface area contributed by atoms with E-state index in [1.165, 1.54) is 0 Å². The number of aromatic hydroxyl groups is 2. The number of rotatable bonds is 6. The number of nitrogens with zero attached hydrogens (tertiary/aromatic N) is 2. The van der Waals surface area contributed by atoms with Crippen molar-refractivity contribution in [2.75, 3.05) is 14.2 Å². The van der Waals surface area contributed by atoms with E-state index in [1.54, 1.807) is 50.9 Å². The Kier molecular flexibility index (Phi) is 6.03. The van der Waals surface area contributed by atoms with Gasteiger partial charge in [0.2, 0.25) is 0 Å². The van der Waals surface area contributed by atoms with Crippen LogP contribution in [-0.2, 0) is 0 Å². The smallest absolute Gasteiger partial charge is 0.167 e. The van der Waals surface area contributed by atoms with Gasteiger partial charge in [0.1, 0.15) is 11.5 Å². The van der Waals surface area contributed by atoms with Crippen LogP contribution in [0.25, 0.3) is 10.8 Å². The molecule has 0 radical (unpaired) electrons. The van der Waals surface area contributed by atoms with Crippen LogP contribution in [0.15, 0.2) is 82.8 Å². The second-order valence-electron chi connectivity index (χ2n) is 6.98. The van der Waals surface area contributed by atoms with E-state index >= 15 is 0 Å². The minimum atomic E-state index is -0.253. The Balaban J connectivity index is 1.75. The molecular weight excluding hydrogens is 404 g/mol. The van der Waals surface area contributed by atoms with Crippen LogP contribution in [0.2, 0.25) is 0 Å². The molecule has 4 rings (SSSR count). The SMILES string of the molecule is COc1ccc(N=Cc2c(O)c(O)c(C=Nc3ccc(OC)cc3)c3ccccc23)cc1. The maximum absolute atomic E-state index is 10.8. The fourth-order valence-electron chi connectivity index (χ4n) is 3.34. The molecule has 0 unspecified atom stereocenters. The molecule has 0 spiro atoms. The molecule has 0 aromatic heterocycles. The standard InChI is InChI=1S/C26H22N2O4/c1-31-19-11-7-17(8-12-19)27-15-23-21-5-3-4-6-22(21)24(26(30)25(23)29)16-28-18-9-13-20(32-2)14-10-18/h3-16,29-30H,1-2H3. The van der Waals surface area contributed by atoms with Crippen molar-refractivity contribution in [3.05, 3.63) is 83.9 Å². The quantitative estimate of drug-likeness (QED) is 0.303. The van der Waals surface area contributed by atoms with E-state index in [0.29, 0.717) is 22.5 Å². The summed E-state index contributed by atoms with van der Waals surface area (Å²) in [5.41, 5.74) is 2.24. The number of methoxy groups -OCH3 is 2. The minimum Gasteiger partial charge on any atom is -0.504 e. The molecule has 0 heterocycles. The van der Waals surface area contributed by atoms with E-state index in [1.807, 2.05) is 48.5 Å². The monoisotopic (exact) mass is 426 g/mol. The molecule has 32 heavy (non-hydrogen) atoms. The van der Waals surface area contributed by atoms with Crippen molar-refractivity contribution in [1.29, 1.82) is 0 Å². The van der Waals surface area contributed by atoms with Crippen molar-refractivity contribution in [1.82, 2.24) is 0 Å². The van der Waals surface area contributed by atoms with Crippen LogP contribution in [0, 0.1) is 0 Å². The summed E-state index contributed by atoms with van der Waals surface area (Å²) in [6.07, 6.45) is 3.09. The van der Waals surface area contributed by atoms with Crippen molar-refractivity contribution >= 4 is 34.6 Å². The van der Waals surface area contributed by atoms with Gasteiger partial charge in [-0.15, -0.1) is 0 Å². The number of benzene rings is 4. The van der Waals surface area contributed by atoms with Crippen molar-refractivity contribution in [2.24, 2.45) is 9.98 Å². The number of ether oxygens (including phenoxy) is 2. The normalized spacial score (nSPS) is 11.4. The van der Waals surface area contributed by atoms with Crippen molar-refractivity contribution in [2.45, 2.75) is 0 Å². The molecule has 0 saturated heterocycles. The van der Waals surface area contributed by atoms with E-state index in [0.717, 1.165) is 22.3 Å². The van der Waals surface area contributed by atoms with E-state index in [2.05, 4.69) is 9.98 Å². The van der Waals surface area contributed by atoms with Gasteiger partial charge in [-0.25, -0.2) is 0 Å². The van der Waals surface area contributed by atoms with Crippen LogP contribution in [-0.4, -0.2) is 36.9 Å². The molecule has 2 N–H and O–H groups in total. The molecule has 0 amide bonds. The molecule has 0 bridgehead atoms. The molecule has 0 atom stereocenters. The molecule has 4 aromatic carbocycles. The van der Waals surface area contributed by atoms with Gasteiger partial charge in [-0.2, -0.15) is 0 Å². The summed E-state index contributed by atoms with van der Waals surface area (Å²) in [7, 11) is 3.20. The van der Waals surface area contributed by atoms with Gasteiger partial charge in [0, 0.05) is 23.6 Å². The fourth-order valence-corrected chi connectivity index (χ4v) is 3.34. The van der Waals surface area contributed by atoms with Crippen LogP contribution in [0.1, 0.15) is 11.1 Å². The zero-order chi connectivity index (χ0) is 22.5. The van der Waals surface area contributed by atoms with Gasteiger partial charge in [-0.1, -0.05) is 24.3 Å². The van der Waals surface area contributed by atoms with Gasteiger partial charge >= 0.3 is 0 Å². The predicted octanol–water partition coefficient (Wildman–Crippen LogP) is 5.77. The fraction of sp³-hybridized carbons (Fsp3) is 0.0769. The lowest BCUT2D eigenvalue weighted by atomic mass is 9.98. The van der Waals surface area contributed by atoms with Gasteiger partial charge in [-0.05, 0) is 59.3 Å². The molecule has 6 nitrogen and oxygen atoms in total. The second-order valence-corrected chi connectivity index (χ2v) is 6.98. The summed E-state index contributed by atoms with van der Waals surface area (Å²) < 4.78 is 10.3. The first kappa shape index (κ1) is 20.9. The lowest BCUT2D eigenvalue weighted by Crippen LogP contribution is -1.93. The highest BCUT2D eigenvalue weighted by atomic mass is 16.5. The van der Waals surface area contributed by atoms with Gasteiger partial charge < -0.3 is 19.7 Å². The van der Waals surface area contributed by atoms with Crippen LogP contribution < -0.4 is 9.47 Å². The summed E-state index contributed by atoms with van der Waals surface area (Å²) >= 11 is 0. The number of hydrogen-bond donors (Lipinski definition) is 2. The van der Waals surface area contributed by atoms with Gasteiger partial charge in [0.05, 0.1) is 25.6 Å². The highest BCUT2D eigenvalue weighted by Crippen LogP contribution is 2.39. The third kappa shape index (κ3) is 4.25. The highest BCUT2D eigenvalue weighted by Gasteiger charge is 2.16. The Morgan fingerprint density at radius 1 is 0.594 bits per heavy atom. The summed E-state index contributed by atoms with van der Waals surface area (Å²) in [5, 5.41) is 23.0. The zero-order valence-corrected chi connectivity index (χ0v) is 17.7. The molecule has 0 saturated carbocycles. The topological polar surface area (TPSA) is 83.6 Å². The van der Waals surface area contributed by atoms with Gasteiger partial charge in [-0.3, -0.25) is 9.98 Å². The average molecular weight is 426 g/mol. The maximum atomic E-state index is 10.8. The largest absolute Gasteiger partial charge is 0.504 e. The lowest BCUT2D eigenvalue weighted by molar-refractivity contribution is 0.404.